The second kappa shape index (κ2) is 12.2. The Kier molecular flexibility index (Phi) is 8.52. The van der Waals surface area contributed by atoms with Crippen molar-refractivity contribution in [2.24, 2.45) is 5.73 Å². The first-order valence-electron chi connectivity index (χ1n) is 13.1. The van der Waals surface area contributed by atoms with Gasteiger partial charge in [0, 0.05) is 0 Å². The van der Waals surface area contributed by atoms with Gasteiger partial charge in [0.15, 0.2) is 0 Å². The van der Waals surface area contributed by atoms with E-state index in [1.807, 2.05) is 0 Å². The molecular formula is C36H30NPPd+2. The van der Waals surface area contributed by atoms with Crippen molar-refractivity contribution >= 4 is 24.1 Å². The van der Waals surface area contributed by atoms with E-state index in [4.69, 9.17) is 5.73 Å². The largest absolute Gasteiger partial charge is 2.00 e. The molecule has 6 rings (SSSR count). The molecule has 1 nitrogen and oxygen atoms in total. The van der Waals surface area contributed by atoms with Crippen LogP contribution in [0.25, 0.3) is 27.8 Å². The van der Waals surface area contributed by atoms with Crippen LogP contribution in [0.15, 0.2) is 158 Å². The average Bonchev–Trinajstić information content (AvgIpc) is 2.99. The van der Waals surface area contributed by atoms with Crippen molar-refractivity contribution < 1.29 is 20.4 Å². The van der Waals surface area contributed by atoms with Crippen LogP contribution >= 0.6 is 7.92 Å². The maximum Gasteiger partial charge on any atom is 2.00 e. The van der Waals surface area contributed by atoms with E-state index in [1.165, 1.54) is 44.0 Å². The second-order valence-electron chi connectivity index (χ2n) is 9.66. The van der Waals surface area contributed by atoms with E-state index in [1.54, 1.807) is 0 Å². The van der Waals surface area contributed by atoms with E-state index < -0.39 is 13.2 Å². The van der Waals surface area contributed by atoms with Gasteiger partial charge in [-0.3, -0.25) is 0 Å². The third-order valence-electron chi connectivity index (χ3n) is 7.24. The first kappa shape index (κ1) is 27.2. The first-order valence-corrected chi connectivity index (χ1v) is 14.4. The molecule has 1 unspecified atom stereocenters. The normalized spacial score (nSPS) is 16.4. The van der Waals surface area contributed by atoms with E-state index in [9.17, 15) is 0 Å². The number of nitrogens with two attached hydrogens (primary N) is 1. The molecule has 5 aromatic carbocycles. The first-order chi connectivity index (χ1) is 18.7. The number of allylic oxidation sites excluding steroid dienone is 2. The average molecular weight is 614 g/mol. The van der Waals surface area contributed by atoms with Crippen LogP contribution in [0.5, 0.6) is 0 Å². The van der Waals surface area contributed by atoms with Crippen molar-refractivity contribution in [1.82, 2.24) is 0 Å². The van der Waals surface area contributed by atoms with Gasteiger partial charge >= 0.3 is 20.4 Å². The van der Waals surface area contributed by atoms with Gasteiger partial charge in [-0.1, -0.05) is 158 Å². The van der Waals surface area contributed by atoms with Gasteiger partial charge < -0.3 is 5.73 Å². The molecule has 0 saturated carbocycles. The van der Waals surface area contributed by atoms with Crippen LogP contribution in [0, 0.1) is 0 Å². The number of hydrogen-bond donors (Lipinski definition) is 1. The Morgan fingerprint density at radius 1 is 0.487 bits per heavy atom. The summed E-state index contributed by atoms with van der Waals surface area (Å²) < 4.78 is 0. The SMILES string of the molecule is NC1(P(c2ccc(-c3ccccc3)cc2)c2ccc(-c3ccccc3)cc2)CC=CC=C1c1ccccc1.[Pd+2]. The molecule has 0 bridgehead atoms. The molecule has 2 N–H and O–H groups in total. The van der Waals surface area contributed by atoms with Crippen molar-refractivity contribution in [2.45, 2.75) is 11.7 Å². The van der Waals surface area contributed by atoms with Crippen molar-refractivity contribution in [3.8, 4) is 22.3 Å². The summed E-state index contributed by atoms with van der Waals surface area (Å²) in [5.41, 5.74) is 14.8. The molecule has 0 aliphatic heterocycles. The molecule has 1 aliphatic rings. The predicted octanol–water partition coefficient (Wildman–Crippen LogP) is 8.15. The maximum atomic E-state index is 7.55. The fraction of sp³-hybridized carbons (Fsp3) is 0.0556. The van der Waals surface area contributed by atoms with Crippen molar-refractivity contribution in [1.29, 1.82) is 0 Å². The molecule has 1 aliphatic carbocycles. The molecule has 39 heavy (non-hydrogen) atoms. The third kappa shape index (κ3) is 5.67. The van der Waals surface area contributed by atoms with Crippen molar-refractivity contribution in [3.05, 3.63) is 163 Å². The summed E-state index contributed by atoms with van der Waals surface area (Å²) in [7, 11) is -0.918. The molecule has 0 fully saturated rings. The summed E-state index contributed by atoms with van der Waals surface area (Å²) in [5, 5.41) is 2.03. The molecule has 3 heteroatoms. The topological polar surface area (TPSA) is 26.0 Å². The quantitative estimate of drug-likeness (QED) is 0.152. The Morgan fingerprint density at radius 2 is 0.872 bits per heavy atom. The fourth-order valence-corrected chi connectivity index (χ4v) is 8.17. The molecule has 1 atom stereocenters. The number of rotatable bonds is 6. The number of hydrogen-bond acceptors (Lipinski definition) is 1. The molecule has 0 radical (unpaired) electrons. The molecule has 5 aromatic rings. The van der Waals surface area contributed by atoms with Gasteiger partial charge in [0.1, 0.15) is 0 Å². The van der Waals surface area contributed by atoms with E-state index >= 15 is 0 Å². The zero-order chi connectivity index (χ0) is 25.8. The Labute approximate surface area is 246 Å². The Bertz CT molecular complexity index is 1480. The Morgan fingerprint density at radius 3 is 1.31 bits per heavy atom. The molecule has 0 amide bonds. The zero-order valence-electron chi connectivity index (χ0n) is 21.6. The van der Waals surface area contributed by atoms with Crippen LogP contribution < -0.4 is 16.3 Å². The monoisotopic (exact) mass is 613 g/mol. The van der Waals surface area contributed by atoms with Gasteiger partial charge in [0.25, 0.3) is 0 Å². The Hall–Kier alpha value is -3.37. The summed E-state index contributed by atoms with van der Waals surface area (Å²) in [4.78, 5) is 0. The molecule has 0 heterocycles. The van der Waals surface area contributed by atoms with E-state index in [-0.39, 0.29) is 20.4 Å². The van der Waals surface area contributed by atoms with Crippen LogP contribution in [0.3, 0.4) is 0 Å². The Balaban J connectivity index is 0.00000308. The third-order valence-corrected chi connectivity index (χ3v) is 10.1. The van der Waals surface area contributed by atoms with Crippen molar-refractivity contribution in [3.63, 3.8) is 0 Å². The van der Waals surface area contributed by atoms with Gasteiger partial charge in [0.05, 0.1) is 5.28 Å². The minimum atomic E-state index is -0.918. The van der Waals surface area contributed by atoms with E-state index in [0.29, 0.717) is 0 Å². The summed E-state index contributed by atoms with van der Waals surface area (Å²) in [5.74, 6) is 0. The predicted molar refractivity (Wildman–Crippen MR) is 165 cm³/mol. The van der Waals surface area contributed by atoms with Gasteiger partial charge in [-0.05, 0) is 58.3 Å². The summed E-state index contributed by atoms with van der Waals surface area (Å²) >= 11 is 0. The maximum absolute atomic E-state index is 7.55. The van der Waals surface area contributed by atoms with Gasteiger partial charge in [-0.2, -0.15) is 0 Å². The molecular weight excluding hydrogens is 584 g/mol. The van der Waals surface area contributed by atoms with Gasteiger partial charge in [-0.15, -0.1) is 0 Å². The molecule has 0 saturated heterocycles. The number of benzene rings is 5. The molecule has 0 aromatic heterocycles. The molecule has 192 valence electrons. The van der Waals surface area contributed by atoms with Crippen LogP contribution in [0.1, 0.15) is 12.0 Å². The van der Waals surface area contributed by atoms with Crippen LogP contribution in [-0.2, 0) is 20.4 Å². The summed E-state index contributed by atoms with van der Waals surface area (Å²) in [6, 6.07) is 49.8. The van der Waals surface area contributed by atoms with E-state index in [0.717, 1.165) is 6.42 Å². The van der Waals surface area contributed by atoms with Crippen LogP contribution in [0.2, 0.25) is 0 Å². The fourth-order valence-electron chi connectivity index (χ4n) is 5.32. The van der Waals surface area contributed by atoms with E-state index in [2.05, 4.69) is 158 Å². The smallest absolute Gasteiger partial charge is 0.317 e. The second-order valence-corrected chi connectivity index (χ2v) is 12.2. The standard InChI is InChI=1S/C36H30NP.Pd/c37-36(27-11-10-18-35(36)32-16-8-3-9-17-32)38(33-23-19-30(20-24-33)28-12-4-1-5-13-28)34-25-21-31(22-26-34)29-14-6-2-7-15-29;/h1-26H,27,37H2;/q;+2. The summed E-state index contributed by atoms with van der Waals surface area (Å²) in [6.07, 6.45) is 7.38. The molecule has 0 spiro atoms. The summed E-state index contributed by atoms with van der Waals surface area (Å²) in [6.45, 7) is 0. The van der Waals surface area contributed by atoms with Gasteiger partial charge in [-0.25, -0.2) is 0 Å². The minimum Gasteiger partial charge on any atom is -0.317 e. The van der Waals surface area contributed by atoms with Crippen molar-refractivity contribution in [2.75, 3.05) is 0 Å². The van der Waals surface area contributed by atoms with Gasteiger partial charge in [0.2, 0.25) is 0 Å². The van der Waals surface area contributed by atoms with Crippen LogP contribution in [-0.4, -0.2) is 5.28 Å². The zero-order valence-corrected chi connectivity index (χ0v) is 24.0. The van der Waals surface area contributed by atoms with Crippen LogP contribution in [0.4, 0.5) is 0 Å². The minimum absolute atomic E-state index is 0.